The van der Waals surface area contributed by atoms with Gasteiger partial charge in [0.25, 0.3) is 0 Å². The average Bonchev–Trinajstić information content (AvgIpc) is 3.51. The summed E-state index contributed by atoms with van der Waals surface area (Å²) in [6.45, 7) is 15.0. The summed E-state index contributed by atoms with van der Waals surface area (Å²) in [6.07, 6.45) is 3.64. The molecule has 0 saturated heterocycles. The van der Waals surface area contributed by atoms with Gasteiger partial charge in [-0.1, -0.05) is 50.7 Å². The van der Waals surface area contributed by atoms with Crippen LogP contribution in [0.15, 0.2) is 42.5 Å². The van der Waals surface area contributed by atoms with E-state index in [0.717, 1.165) is 47.1 Å². The molecule has 2 aliphatic carbocycles. The lowest BCUT2D eigenvalue weighted by molar-refractivity contribution is -0.146. The Balaban J connectivity index is 1.72. The normalized spacial score (nSPS) is 19.0. The molecule has 38 heavy (non-hydrogen) atoms. The van der Waals surface area contributed by atoms with Crippen molar-refractivity contribution in [1.82, 2.24) is 0 Å². The van der Waals surface area contributed by atoms with Crippen molar-refractivity contribution in [1.29, 1.82) is 0 Å². The minimum absolute atomic E-state index is 0.217. The highest BCUT2D eigenvalue weighted by Gasteiger charge is 2.43. The van der Waals surface area contributed by atoms with Crippen molar-refractivity contribution in [3.63, 3.8) is 0 Å². The topological polar surface area (TPSA) is 71.1 Å². The van der Waals surface area contributed by atoms with Crippen LogP contribution in [-0.4, -0.2) is 37.4 Å². The quantitative estimate of drug-likeness (QED) is 0.206. The Kier molecular flexibility index (Phi) is 8.71. The van der Waals surface area contributed by atoms with Crippen LogP contribution in [0.4, 0.5) is 0 Å². The summed E-state index contributed by atoms with van der Waals surface area (Å²) in [6, 6.07) is 5.75. The first-order valence-corrected chi connectivity index (χ1v) is 13.8. The third kappa shape index (κ3) is 5.56. The second kappa shape index (κ2) is 11.8. The lowest BCUT2D eigenvalue weighted by Crippen LogP contribution is -2.26. The van der Waals surface area contributed by atoms with Crippen molar-refractivity contribution in [3.8, 4) is 11.5 Å². The van der Waals surface area contributed by atoms with Crippen molar-refractivity contribution in [2.75, 3.05) is 13.2 Å². The number of fused-ring (bicyclic) bond motifs is 6. The number of carbonyl (C=O) groups is 2. The molecule has 4 rings (SSSR count). The Morgan fingerprint density at radius 3 is 1.89 bits per heavy atom. The molecule has 0 aliphatic heterocycles. The van der Waals surface area contributed by atoms with E-state index in [2.05, 4.69) is 13.2 Å². The van der Waals surface area contributed by atoms with E-state index in [-0.39, 0.29) is 13.2 Å². The van der Waals surface area contributed by atoms with Crippen LogP contribution in [0.3, 0.4) is 0 Å². The molecule has 0 aromatic heterocycles. The Morgan fingerprint density at radius 1 is 0.895 bits per heavy atom. The number of hydrogen-bond acceptors (Lipinski definition) is 6. The van der Waals surface area contributed by atoms with Crippen LogP contribution >= 0.6 is 11.6 Å². The number of halogens is 1. The van der Waals surface area contributed by atoms with Crippen LogP contribution in [0.5, 0.6) is 11.5 Å². The van der Waals surface area contributed by atoms with Crippen LogP contribution in [0, 0.1) is 0 Å². The van der Waals surface area contributed by atoms with Crippen molar-refractivity contribution in [2.45, 2.75) is 83.8 Å². The molecule has 0 N–H and O–H groups in total. The zero-order valence-electron chi connectivity index (χ0n) is 22.7. The van der Waals surface area contributed by atoms with Crippen LogP contribution in [0.2, 0.25) is 5.02 Å². The molecular weight excluding hydrogens is 504 g/mol. The molecule has 2 bridgehead atoms. The van der Waals surface area contributed by atoms with E-state index in [1.807, 2.05) is 32.0 Å². The molecule has 2 aromatic carbocycles. The lowest BCUT2D eigenvalue weighted by atomic mass is 9.87. The van der Waals surface area contributed by atoms with Gasteiger partial charge in [0.05, 0.1) is 5.02 Å². The Hall–Kier alpha value is -2.99. The predicted molar refractivity (Wildman–Crippen MR) is 149 cm³/mol. The van der Waals surface area contributed by atoms with Gasteiger partial charge >= 0.3 is 11.9 Å². The fourth-order valence-corrected chi connectivity index (χ4v) is 5.68. The molecule has 6 nitrogen and oxygen atoms in total. The van der Waals surface area contributed by atoms with Gasteiger partial charge in [0.15, 0.2) is 0 Å². The van der Waals surface area contributed by atoms with Crippen LogP contribution in [0.25, 0.3) is 10.8 Å². The third-order valence-electron chi connectivity index (χ3n) is 7.50. The third-order valence-corrected chi connectivity index (χ3v) is 7.81. The SMILES string of the molecule is C=C(C)C(=O)OC(CC)COc1c2c(c(OCC(CC)OC(=O)C(=C)C)c3c(Cl)cccc13)C1CCC2C1. The number of carbonyl (C=O) groups excluding carboxylic acids is 2. The van der Waals surface area contributed by atoms with Crippen molar-refractivity contribution in [2.24, 2.45) is 0 Å². The lowest BCUT2D eigenvalue weighted by Gasteiger charge is -2.27. The molecule has 2 aliphatic rings. The molecule has 4 atom stereocenters. The molecule has 1 saturated carbocycles. The zero-order chi connectivity index (χ0) is 27.6. The number of benzene rings is 2. The molecule has 7 heteroatoms. The largest absolute Gasteiger partial charge is 0.489 e. The van der Waals surface area contributed by atoms with Gasteiger partial charge in [-0.3, -0.25) is 0 Å². The Morgan fingerprint density at radius 2 is 1.39 bits per heavy atom. The minimum Gasteiger partial charge on any atom is -0.489 e. The van der Waals surface area contributed by atoms with Gasteiger partial charge in [-0.05, 0) is 63.9 Å². The first kappa shape index (κ1) is 28.0. The maximum Gasteiger partial charge on any atom is 0.333 e. The van der Waals surface area contributed by atoms with Crippen LogP contribution < -0.4 is 9.47 Å². The fourth-order valence-electron chi connectivity index (χ4n) is 5.42. The van der Waals surface area contributed by atoms with E-state index in [1.54, 1.807) is 13.8 Å². The molecular formula is C31H37ClO6. The molecule has 2 aromatic rings. The summed E-state index contributed by atoms with van der Waals surface area (Å²) in [4.78, 5) is 24.3. The average molecular weight is 541 g/mol. The predicted octanol–water partition coefficient (Wildman–Crippen LogP) is 7.41. The van der Waals surface area contributed by atoms with E-state index in [9.17, 15) is 9.59 Å². The number of ether oxygens (including phenoxy) is 4. The first-order chi connectivity index (χ1) is 18.2. The summed E-state index contributed by atoms with van der Waals surface area (Å²) in [5.74, 6) is 1.44. The molecule has 0 spiro atoms. The fraction of sp³-hybridized carbons (Fsp3) is 0.484. The summed E-state index contributed by atoms with van der Waals surface area (Å²) in [5.41, 5.74) is 3.03. The smallest absolute Gasteiger partial charge is 0.333 e. The summed E-state index contributed by atoms with van der Waals surface area (Å²) in [7, 11) is 0. The van der Waals surface area contributed by atoms with Crippen molar-refractivity contribution < 1.29 is 28.5 Å². The van der Waals surface area contributed by atoms with Crippen LogP contribution in [0.1, 0.15) is 82.8 Å². The maximum absolute atomic E-state index is 12.1. The first-order valence-electron chi connectivity index (χ1n) is 13.4. The van der Waals surface area contributed by atoms with E-state index in [4.69, 9.17) is 30.5 Å². The highest BCUT2D eigenvalue weighted by atomic mass is 35.5. The second-order valence-corrected chi connectivity index (χ2v) is 10.8. The standard InChI is InChI=1S/C31H37ClO6/c1-7-21(37-30(33)17(3)4)15-35-28-23-10-9-11-24(32)27(23)29(26-20-13-12-19(14-20)25(26)28)36-16-22(8-2)38-31(34)18(5)6/h9-11,19-22H,3,5,7-8,12-16H2,1-2,4,6H3. The van der Waals surface area contributed by atoms with Gasteiger partial charge in [-0.2, -0.15) is 0 Å². The molecule has 0 amide bonds. The molecule has 1 fully saturated rings. The highest BCUT2D eigenvalue weighted by molar-refractivity contribution is 6.36. The number of hydrogen-bond donors (Lipinski definition) is 0. The second-order valence-electron chi connectivity index (χ2n) is 10.4. The highest BCUT2D eigenvalue weighted by Crippen LogP contribution is 2.61. The number of rotatable bonds is 12. The minimum atomic E-state index is -0.422. The summed E-state index contributed by atoms with van der Waals surface area (Å²) in [5, 5.41) is 2.23. The molecule has 0 heterocycles. The monoisotopic (exact) mass is 540 g/mol. The Labute approximate surface area is 229 Å². The number of esters is 2. The van der Waals surface area contributed by atoms with E-state index in [1.165, 1.54) is 5.56 Å². The molecule has 0 radical (unpaired) electrons. The van der Waals surface area contributed by atoms with Gasteiger partial charge in [0.2, 0.25) is 0 Å². The zero-order valence-corrected chi connectivity index (χ0v) is 23.5. The van der Waals surface area contributed by atoms with Gasteiger partial charge in [0.1, 0.15) is 36.9 Å². The van der Waals surface area contributed by atoms with E-state index in [0.29, 0.717) is 40.8 Å². The summed E-state index contributed by atoms with van der Waals surface area (Å²) < 4.78 is 24.1. The van der Waals surface area contributed by atoms with Crippen LogP contribution in [-0.2, 0) is 19.1 Å². The van der Waals surface area contributed by atoms with Gasteiger partial charge in [0, 0.05) is 33.0 Å². The summed E-state index contributed by atoms with van der Waals surface area (Å²) >= 11 is 6.80. The van der Waals surface area contributed by atoms with Gasteiger partial charge in [-0.15, -0.1) is 0 Å². The van der Waals surface area contributed by atoms with E-state index < -0.39 is 24.1 Å². The van der Waals surface area contributed by atoms with E-state index >= 15 is 0 Å². The molecule has 204 valence electrons. The van der Waals surface area contributed by atoms with Crippen molar-refractivity contribution >= 4 is 34.3 Å². The van der Waals surface area contributed by atoms with Crippen molar-refractivity contribution in [3.05, 3.63) is 58.7 Å². The molecule has 4 unspecified atom stereocenters. The maximum atomic E-state index is 12.1. The van der Waals surface area contributed by atoms with Gasteiger partial charge < -0.3 is 18.9 Å². The van der Waals surface area contributed by atoms with Gasteiger partial charge in [-0.25, -0.2) is 9.59 Å². The Bertz CT molecular complexity index is 1260.